The number of hydrogen-bond donors (Lipinski definition) is 5. The zero-order chi connectivity index (χ0) is 26.4. The molecular weight excluding hydrogens is 440 g/mol. The Kier molecular flexibility index (Phi) is 6.72. The molecule has 4 rings (SSSR count). The van der Waals surface area contributed by atoms with Crippen molar-refractivity contribution < 1.29 is 25.5 Å². The van der Waals surface area contributed by atoms with Crippen molar-refractivity contribution in [1.82, 2.24) is 0 Å². The van der Waals surface area contributed by atoms with E-state index in [0.29, 0.717) is 11.8 Å². The van der Waals surface area contributed by atoms with E-state index in [4.69, 9.17) is 0 Å². The predicted octanol–water partition coefficient (Wildman–Crippen LogP) is 4.44. The summed E-state index contributed by atoms with van der Waals surface area (Å²) in [5.41, 5.74) is 0.209. The molecule has 0 heterocycles. The molecular formula is C30H52O5. The second-order valence-corrected chi connectivity index (χ2v) is 14.7. The molecule has 0 aromatic heterocycles. The minimum absolute atomic E-state index is 0.0338. The Morgan fingerprint density at radius 1 is 0.886 bits per heavy atom. The fourth-order valence-corrected chi connectivity index (χ4v) is 9.72. The second kappa shape index (κ2) is 8.53. The standard InChI is InChI=1S/C30H52O5/c1-17(23(32)24(33)25(34)27(4,5)35)18-13-14-30(8)21-11-9-19-20(10-12-22(31)26(19,2)3)28(21,6)15-16-29(18,30)7/h9,17-18,20-25,31-35H,10-16H2,1-8H3/t17-,18+,20?,21+,22-,23-,24+,25-,28-,29+,30-/m0/s1. The molecule has 4 aliphatic carbocycles. The molecule has 0 aliphatic heterocycles. The van der Waals surface area contributed by atoms with Crippen molar-refractivity contribution in [3.63, 3.8) is 0 Å². The van der Waals surface area contributed by atoms with Gasteiger partial charge in [0.1, 0.15) is 12.2 Å². The number of aliphatic hydroxyl groups is 5. The molecule has 5 nitrogen and oxygen atoms in total. The first-order valence-corrected chi connectivity index (χ1v) is 14.1. The highest BCUT2D eigenvalue weighted by Gasteiger charge is 2.67. The van der Waals surface area contributed by atoms with E-state index in [-0.39, 0.29) is 39.6 Å². The number of hydrogen-bond acceptors (Lipinski definition) is 5. The van der Waals surface area contributed by atoms with Gasteiger partial charge >= 0.3 is 0 Å². The number of allylic oxidation sites excluding steroid dienone is 1. The van der Waals surface area contributed by atoms with Crippen LogP contribution in [0, 0.1) is 45.3 Å². The van der Waals surface area contributed by atoms with Crippen molar-refractivity contribution in [2.75, 3.05) is 0 Å². The number of aliphatic hydroxyl groups excluding tert-OH is 4. The third-order valence-electron chi connectivity index (χ3n) is 12.5. The third-order valence-corrected chi connectivity index (χ3v) is 12.5. The first-order chi connectivity index (χ1) is 15.9. The van der Waals surface area contributed by atoms with Crippen LogP contribution < -0.4 is 0 Å². The average Bonchev–Trinajstić information content (AvgIpc) is 3.05. The quantitative estimate of drug-likeness (QED) is 0.365. The molecule has 3 saturated carbocycles. The lowest BCUT2D eigenvalue weighted by atomic mass is 9.39. The van der Waals surface area contributed by atoms with Crippen LogP contribution in [0.2, 0.25) is 0 Å². The molecule has 0 spiro atoms. The second-order valence-electron chi connectivity index (χ2n) is 14.7. The Balaban J connectivity index is 1.63. The Bertz CT molecular complexity index is 844. The molecule has 0 saturated heterocycles. The van der Waals surface area contributed by atoms with Crippen LogP contribution in [-0.2, 0) is 0 Å². The summed E-state index contributed by atoms with van der Waals surface area (Å²) in [6.45, 7) is 16.8. The van der Waals surface area contributed by atoms with Gasteiger partial charge in [-0.2, -0.15) is 0 Å². The largest absolute Gasteiger partial charge is 0.392 e. The highest BCUT2D eigenvalue weighted by molar-refractivity contribution is 5.30. The maximum absolute atomic E-state index is 11.1. The Morgan fingerprint density at radius 2 is 1.51 bits per heavy atom. The first-order valence-electron chi connectivity index (χ1n) is 14.1. The van der Waals surface area contributed by atoms with Crippen molar-refractivity contribution in [1.29, 1.82) is 0 Å². The maximum Gasteiger partial charge on any atom is 0.110 e. The lowest BCUT2D eigenvalue weighted by Gasteiger charge is -2.66. The molecule has 5 heteroatoms. The van der Waals surface area contributed by atoms with Crippen LogP contribution in [0.5, 0.6) is 0 Å². The van der Waals surface area contributed by atoms with Gasteiger partial charge in [0, 0.05) is 5.41 Å². The summed E-state index contributed by atoms with van der Waals surface area (Å²) in [6, 6.07) is 0. The molecule has 5 N–H and O–H groups in total. The van der Waals surface area contributed by atoms with Crippen LogP contribution in [0.15, 0.2) is 11.6 Å². The lowest BCUT2D eigenvalue weighted by Crippen LogP contribution is -2.60. The highest BCUT2D eigenvalue weighted by Crippen LogP contribution is 2.75. The highest BCUT2D eigenvalue weighted by atomic mass is 16.4. The normalized spacial score (nSPS) is 46.5. The van der Waals surface area contributed by atoms with E-state index in [9.17, 15) is 25.5 Å². The first kappa shape index (κ1) is 27.6. The molecule has 4 aliphatic rings. The molecule has 0 radical (unpaired) electrons. The predicted molar refractivity (Wildman–Crippen MR) is 138 cm³/mol. The van der Waals surface area contributed by atoms with Crippen molar-refractivity contribution in [2.45, 2.75) is 130 Å². The summed E-state index contributed by atoms with van der Waals surface area (Å²) in [7, 11) is 0. The molecule has 0 amide bonds. The van der Waals surface area contributed by atoms with Gasteiger partial charge in [-0.3, -0.25) is 0 Å². The Morgan fingerprint density at radius 3 is 2.11 bits per heavy atom. The number of fused-ring (bicyclic) bond motifs is 5. The van der Waals surface area contributed by atoms with Crippen LogP contribution in [0.3, 0.4) is 0 Å². The van der Waals surface area contributed by atoms with Gasteiger partial charge in [0.25, 0.3) is 0 Å². The molecule has 202 valence electrons. The molecule has 0 aromatic rings. The van der Waals surface area contributed by atoms with Gasteiger partial charge in [0.05, 0.1) is 17.8 Å². The minimum atomic E-state index is -1.48. The fourth-order valence-electron chi connectivity index (χ4n) is 9.72. The van der Waals surface area contributed by atoms with E-state index < -0.39 is 23.9 Å². The van der Waals surface area contributed by atoms with Gasteiger partial charge in [0.15, 0.2) is 0 Å². The van der Waals surface area contributed by atoms with Crippen LogP contribution in [0.4, 0.5) is 0 Å². The summed E-state index contributed by atoms with van der Waals surface area (Å²) >= 11 is 0. The molecule has 35 heavy (non-hydrogen) atoms. The Hall–Kier alpha value is -0.460. The number of rotatable bonds is 5. The van der Waals surface area contributed by atoms with Crippen LogP contribution in [0.25, 0.3) is 0 Å². The van der Waals surface area contributed by atoms with E-state index in [2.05, 4.69) is 40.7 Å². The van der Waals surface area contributed by atoms with Crippen LogP contribution in [-0.4, -0.2) is 55.5 Å². The fraction of sp³-hybridized carbons (Fsp3) is 0.933. The zero-order valence-electron chi connectivity index (χ0n) is 23.4. The average molecular weight is 493 g/mol. The lowest BCUT2D eigenvalue weighted by molar-refractivity contribution is -0.171. The van der Waals surface area contributed by atoms with Crippen molar-refractivity contribution in [2.24, 2.45) is 45.3 Å². The van der Waals surface area contributed by atoms with Crippen LogP contribution >= 0.6 is 0 Å². The summed E-state index contributed by atoms with van der Waals surface area (Å²) in [4.78, 5) is 0. The molecule has 0 aromatic carbocycles. The van der Waals surface area contributed by atoms with E-state index in [0.717, 1.165) is 44.9 Å². The van der Waals surface area contributed by atoms with Gasteiger partial charge in [0.2, 0.25) is 0 Å². The van der Waals surface area contributed by atoms with Gasteiger partial charge in [-0.25, -0.2) is 0 Å². The summed E-state index contributed by atoms with van der Waals surface area (Å²) in [6.07, 6.45) is 5.68. The topological polar surface area (TPSA) is 101 Å². The van der Waals surface area contributed by atoms with Crippen molar-refractivity contribution in [3.05, 3.63) is 11.6 Å². The third kappa shape index (κ3) is 3.81. The molecule has 1 unspecified atom stereocenters. The summed E-state index contributed by atoms with van der Waals surface area (Å²) < 4.78 is 0. The summed E-state index contributed by atoms with van der Waals surface area (Å²) in [5.74, 6) is 1.13. The monoisotopic (exact) mass is 492 g/mol. The van der Waals surface area contributed by atoms with E-state index in [1.807, 2.05) is 6.92 Å². The summed E-state index contributed by atoms with van der Waals surface area (Å²) in [5, 5.41) is 53.3. The smallest absolute Gasteiger partial charge is 0.110 e. The molecule has 3 fully saturated rings. The maximum atomic E-state index is 11.1. The van der Waals surface area contributed by atoms with Gasteiger partial charge in [-0.05, 0) is 98.7 Å². The van der Waals surface area contributed by atoms with Gasteiger partial charge < -0.3 is 25.5 Å². The van der Waals surface area contributed by atoms with Crippen LogP contribution in [0.1, 0.15) is 100 Å². The van der Waals surface area contributed by atoms with Gasteiger partial charge in [-0.15, -0.1) is 0 Å². The van der Waals surface area contributed by atoms with E-state index in [1.54, 1.807) is 0 Å². The van der Waals surface area contributed by atoms with Crippen molar-refractivity contribution >= 4 is 0 Å². The SMILES string of the molecule is C[C@H]([C@H](O)[C@@H](O)[C@H](O)C(C)(C)O)[C@H]1CC[C@@]2(C)[C@@H]3CC=C4C(CC[C@H](O)C4(C)C)[C@]3(C)CC[C@]12C. The van der Waals surface area contributed by atoms with Crippen molar-refractivity contribution in [3.8, 4) is 0 Å². The molecule has 0 bridgehead atoms. The minimum Gasteiger partial charge on any atom is -0.392 e. The molecule has 11 atom stereocenters. The van der Waals surface area contributed by atoms with Gasteiger partial charge in [-0.1, -0.05) is 53.2 Å². The zero-order valence-corrected chi connectivity index (χ0v) is 23.4. The van der Waals surface area contributed by atoms with E-state index in [1.165, 1.54) is 19.4 Å². The Labute approximate surface area is 213 Å². The van der Waals surface area contributed by atoms with E-state index >= 15 is 0 Å².